The van der Waals surface area contributed by atoms with Gasteiger partial charge >= 0.3 is 7.82 Å². The molecule has 1 aromatic rings. The molecular formula is C16H30ClO4P. The molecule has 1 saturated heterocycles. The third-order valence-electron chi connectivity index (χ3n) is 2.31. The minimum absolute atomic E-state index is 0.142. The lowest BCUT2D eigenvalue weighted by atomic mass is 9.97. The van der Waals surface area contributed by atoms with Crippen LogP contribution in [0.5, 0.6) is 0 Å². The Labute approximate surface area is 140 Å². The smallest absolute Gasteiger partial charge is 0.302 e. The van der Waals surface area contributed by atoms with E-state index in [1.807, 2.05) is 72.7 Å². The van der Waals surface area contributed by atoms with Gasteiger partial charge in [0.1, 0.15) is 0 Å². The Bertz CT molecular complexity index is 415. The highest BCUT2D eigenvalue weighted by atomic mass is 35.5. The van der Waals surface area contributed by atoms with Crippen molar-refractivity contribution >= 4 is 19.4 Å². The Morgan fingerprint density at radius 2 is 1.50 bits per heavy atom. The molecule has 0 amide bonds. The van der Waals surface area contributed by atoms with E-state index < -0.39 is 7.82 Å². The molecule has 0 aromatic heterocycles. The topological polar surface area (TPSA) is 55.8 Å². The number of benzene rings is 1. The first-order valence-corrected chi connectivity index (χ1v) is 9.42. The Morgan fingerprint density at radius 3 is 1.77 bits per heavy atom. The van der Waals surface area contributed by atoms with Crippen molar-refractivity contribution < 1.29 is 18.5 Å². The maximum absolute atomic E-state index is 10.6. The van der Waals surface area contributed by atoms with Crippen LogP contribution in [0.25, 0.3) is 0 Å². The van der Waals surface area contributed by atoms with Crippen molar-refractivity contribution in [3.63, 3.8) is 0 Å². The second-order valence-electron chi connectivity index (χ2n) is 4.93. The molecule has 0 atom stereocenters. The largest absolute Gasteiger partial charge is 0.472 e. The van der Waals surface area contributed by atoms with Crippen molar-refractivity contribution in [2.45, 2.75) is 48.5 Å². The monoisotopic (exact) mass is 352 g/mol. The standard InChI is InChI=1S/C7H7Cl.C5H11O4P.2C2H6/c1-6-4-2-3-5-7(6)8;1-5(2)3-8-10(6,7)9-4-5;2*1-2/h2-5H,1H3;3-4H2,1-2H3,(H,6,7);2*1-2H3. The maximum Gasteiger partial charge on any atom is 0.472 e. The van der Waals surface area contributed by atoms with E-state index >= 15 is 0 Å². The number of hydrogen-bond acceptors (Lipinski definition) is 3. The van der Waals surface area contributed by atoms with Crippen LogP contribution in [0.4, 0.5) is 0 Å². The summed E-state index contributed by atoms with van der Waals surface area (Å²) in [6, 6.07) is 7.77. The number of phosphoric ester groups is 1. The van der Waals surface area contributed by atoms with Gasteiger partial charge in [-0.25, -0.2) is 4.57 Å². The second-order valence-corrected chi connectivity index (χ2v) is 6.79. The van der Waals surface area contributed by atoms with E-state index in [-0.39, 0.29) is 18.6 Å². The zero-order valence-corrected chi connectivity index (χ0v) is 16.4. The predicted octanol–water partition coefficient (Wildman–Crippen LogP) is 5.86. The van der Waals surface area contributed by atoms with Gasteiger partial charge in [0.2, 0.25) is 0 Å². The van der Waals surface area contributed by atoms with E-state index in [2.05, 4.69) is 9.05 Å². The molecular weight excluding hydrogens is 323 g/mol. The van der Waals surface area contributed by atoms with Crippen LogP contribution >= 0.6 is 19.4 Å². The Kier molecular flexibility index (Phi) is 13.1. The van der Waals surface area contributed by atoms with E-state index in [1.54, 1.807) is 0 Å². The molecule has 0 unspecified atom stereocenters. The summed E-state index contributed by atoms with van der Waals surface area (Å²) in [7, 11) is -3.67. The first-order chi connectivity index (χ1) is 10.2. The lowest BCUT2D eigenvalue weighted by Gasteiger charge is -2.30. The highest BCUT2D eigenvalue weighted by Crippen LogP contribution is 2.49. The second kappa shape index (κ2) is 12.1. The summed E-state index contributed by atoms with van der Waals surface area (Å²) in [5, 5.41) is 0.840. The zero-order chi connectivity index (χ0) is 17.8. The summed E-state index contributed by atoms with van der Waals surface area (Å²) < 4.78 is 19.8. The van der Waals surface area contributed by atoms with Crippen molar-refractivity contribution in [1.82, 2.24) is 0 Å². The lowest BCUT2D eigenvalue weighted by Crippen LogP contribution is -2.29. The molecule has 6 heteroatoms. The third-order valence-corrected chi connectivity index (χ3v) is 3.65. The van der Waals surface area contributed by atoms with Gasteiger partial charge < -0.3 is 4.89 Å². The summed E-state index contributed by atoms with van der Waals surface area (Å²) in [5.41, 5.74) is 0.991. The van der Waals surface area contributed by atoms with Gasteiger partial charge in [-0.05, 0) is 18.6 Å². The van der Waals surface area contributed by atoms with E-state index in [1.165, 1.54) is 0 Å². The summed E-state index contributed by atoms with van der Waals surface area (Å²) in [6.45, 7) is 14.4. The van der Waals surface area contributed by atoms with Gasteiger partial charge in [-0.2, -0.15) is 0 Å². The normalized spacial score (nSPS) is 17.5. The Hall–Kier alpha value is -0.380. The van der Waals surface area contributed by atoms with Crippen LogP contribution in [-0.2, 0) is 13.6 Å². The average Bonchev–Trinajstić information content (AvgIpc) is 2.51. The first-order valence-electron chi connectivity index (χ1n) is 7.55. The molecule has 1 heterocycles. The highest BCUT2D eigenvalue weighted by Gasteiger charge is 2.34. The van der Waals surface area contributed by atoms with E-state index in [0.717, 1.165) is 10.6 Å². The van der Waals surface area contributed by atoms with Crippen LogP contribution in [0.15, 0.2) is 24.3 Å². The molecule has 0 spiro atoms. The molecule has 1 aromatic carbocycles. The molecule has 1 fully saturated rings. The van der Waals surface area contributed by atoms with E-state index in [0.29, 0.717) is 0 Å². The zero-order valence-electron chi connectivity index (χ0n) is 14.7. The minimum atomic E-state index is -3.67. The fourth-order valence-electron chi connectivity index (χ4n) is 1.14. The fourth-order valence-corrected chi connectivity index (χ4v) is 2.38. The average molecular weight is 353 g/mol. The van der Waals surface area contributed by atoms with Gasteiger partial charge in [-0.15, -0.1) is 0 Å². The molecule has 1 N–H and O–H groups in total. The molecule has 0 saturated carbocycles. The van der Waals surface area contributed by atoms with Crippen LogP contribution in [-0.4, -0.2) is 18.1 Å². The van der Waals surface area contributed by atoms with Crippen LogP contribution in [0, 0.1) is 12.3 Å². The highest BCUT2D eigenvalue weighted by molar-refractivity contribution is 7.47. The molecule has 22 heavy (non-hydrogen) atoms. The summed E-state index contributed by atoms with van der Waals surface area (Å²) >= 11 is 5.71. The number of phosphoric acid groups is 1. The maximum atomic E-state index is 10.6. The first kappa shape index (κ1) is 23.9. The third kappa shape index (κ3) is 11.2. The van der Waals surface area contributed by atoms with Crippen LogP contribution in [0.1, 0.15) is 47.1 Å². The van der Waals surface area contributed by atoms with Gasteiger partial charge in [0.05, 0.1) is 13.2 Å². The van der Waals surface area contributed by atoms with Crippen LogP contribution < -0.4 is 0 Å². The predicted molar refractivity (Wildman–Crippen MR) is 94.4 cm³/mol. The molecule has 2 rings (SSSR count). The van der Waals surface area contributed by atoms with Crippen molar-refractivity contribution in [2.24, 2.45) is 5.41 Å². The summed E-state index contributed by atoms with van der Waals surface area (Å²) in [5.74, 6) is 0. The fraction of sp³-hybridized carbons (Fsp3) is 0.625. The molecule has 0 bridgehead atoms. The Balaban J connectivity index is 0. The SMILES string of the molecule is CC.CC.CC1(C)COP(=O)(O)OC1.Cc1ccccc1Cl. The van der Waals surface area contributed by atoms with Gasteiger partial charge in [0, 0.05) is 10.4 Å². The molecule has 0 aliphatic carbocycles. The van der Waals surface area contributed by atoms with Crippen molar-refractivity contribution in [1.29, 1.82) is 0 Å². The number of halogens is 1. The van der Waals surface area contributed by atoms with Gasteiger partial charge in [-0.3, -0.25) is 9.05 Å². The number of hydrogen-bond donors (Lipinski definition) is 1. The number of aryl methyl sites for hydroxylation is 1. The summed E-state index contributed by atoms with van der Waals surface area (Å²) in [4.78, 5) is 8.72. The van der Waals surface area contributed by atoms with Crippen molar-refractivity contribution in [3.8, 4) is 0 Å². The molecule has 1 aliphatic rings. The van der Waals surface area contributed by atoms with Gasteiger partial charge in [0.25, 0.3) is 0 Å². The number of rotatable bonds is 0. The van der Waals surface area contributed by atoms with E-state index in [4.69, 9.17) is 16.5 Å². The van der Waals surface area contributed by atoms with Gasteiger partial charge in [-0.1, -0.05) is 71.3 Å². The van der Waals surface area contributed by atoms with Crippen molar-refractivity contribution in [3.05, 3.63) is 34.9 Å². The molecule has 0 radical (unpaired) electrons. The van der Waals surface area contributed by atoms with Gasteiger partial charge in [0.15, 0.2) is 0 Å². The summed E-state index contributed by atoms with van der Waals surface area (Å²) in [6.07, 6.45) is 0. The van der Waals surface area contributed by atoms with Crippen LogP contribution in [0.3, 0.4) is 0 Å². The Morgan fingerprint density at radius 1 is 1.09 bits per heavy atom. The van der Waals surface area contributed by atoms with Crippen LogP contribution in [0.2, 0.25) is 5.02 Å². The van der Waals surface area contributed by atoms with Crippen molar-refractivity contribution in [2.75, 3.05) is 13.2 Å². The minimum Gasteiger partial charge on any atom is -0.302 e. The molecule has 130 valence electrons. The quantitative estimate of drug-likeness (QED) is 0.594. The lowest BCUT2D eigenvalue weighted by molar-refractivity contribution is 0.0148. The molecule has 1 aliphatic heterocycles. The molecule has 4 nitrogen and oxygen atoms in total. The van der Waals surface area contributed by atoms with E-state index in [9.17, 15) is 4.57 Å².